The number of rotatable bonds is 6. The Bertz CT molecular complexity index is 643. The predicted octanol–water partition coefficient (Wildman–Crippen LogP) is 4.60. The first-order valence-corrected chi connectivity index (χ1v) is 9.57. The molecule has 0 bridgehead atoms. The zero-order chi connectivity index (χ0) is 15.3. The molecule has 0 aliphatic heterocycles. The number of benzene rings is 2. The Morgan fingerprint density at radius 2 is 1.86 bits per heavy atom. The SMILES string of the molecule is CCOc1cc(Br)cc(P(C)(=O)OCc2ccccc2)c1. The van der Waals surface area contributed by atoms with Gasteiger partial charge in [-0.25, -0.2) is 0 Å². The minimum Gasteiger partial charge on any atom is -0.494 e. The van der Waals surface area contributed by atoms with E-state index in [-0.39, 0.29) is 0 Å². The largest absolute Gasteiger partial charge is 0.494 e. The van der Waals surface area contributed by atoms with E-state index in [0.717, 1.165) is 10.0 Å². The third-order valence-electron chi connectivity index (χ3n) is 2.96. The number of ether oxygens (including phenoxy) is 1. The van der Waals surface area contributed by atoms with Crippen LogP contribution in [0.15, 0.2) is 53.0 Å². The van der Waals surface area contributed by atoms with Gasteiger partial charge in [0.15, 0.2) is 0 Å². The van der Waals surface area contributed by atoms with Gasteiger partial charge in [-0.15, -0.1) is 0 Å². The molecule has 2 aromatic rings. The molecule has 3 nitrogen and oxygen atoms in total. The molecule has 0 radical (unpaired) electrons. The van der Waals surface area contributed by atoms with Crippen molar-refractivity contribution in [3.05, 3.63) is 58.6 Å². The highest BCUT2D eigenvalue weighted by Gasteiger charge is 2.21. The van der Waals surface area contributed by atoms with Gasteiger partial charge in [-0.1, -0.05) is 46.3 Å². The fourth-order valence-corrected chi connectivity index (χ4v) is 3.81. The van der Waals surface area contributed by atoms with Crippen LogP contribution in [-0.4, -0.2) is 13.3 Å². The van der Waals surface area contributed by atoms with Crippen molar-refractivity contribution in [2.45, 2.75) is 13.5 Å². The smallest absolute Gasteiger partial charge is 0.229 e. The molecule has 1 unspecified atom stereocenters. The van der Waals surface area contributed by atoms with Crippen LogP contribution in [0, 0.1) is 0 Å². The average molecular weight is 369 g/mol. The number of hydrogen-bond acceptors (Lipinski definition) is 3. The Hall–Kier alpha value is -1.09. The van der Waals surface area contributed by atoms with Crippen molar-refractivity contribution in [2.24, 2.45) is 0 Å². The first-order valence-electron chi connectivity index (χ1n) is 6.71. The summed E-state index contributed by atoms with van der Waals surface area (Å²) in [6.45, 7) is 4.44. The lowest BCUT2D eigenvalue weighted by atomic mass is 10.2. The van der Waals surface area contributed by atoms with E-state index < -0.39 is 7.37 Å². The standard InChI is InChI=1S/C16H18BrO3P/c1-3-19-15-9-14(17)10-16(11-15)21(2,18)20-12-13-7-5-4-6-8-13/h4-11H,3,12H2,1-2H3. The first kappa shape index (κ1) is 16.3. The lowest BCUT2D eigenvalue weighted by Gasteiger charge is -2.16. The fraction of sp³-hybridized carbons (Fsp3) is 0.250. The number of hydrogen-bond donors (Lipinski definition) is 0. The fourth-order valence-electron chi connectivity index (χ4n) is 1.88. The Kier molecular flexibility index (Phi) is 5.63. The Morgan fingerprint density at radius 3 is 2.52 bits per heavy atom. The van der Waals surface area contributed by atoms with E-state index in [1.807, 2.05) is 49.4 Å². The van der Waals surface area contributed by atoms with Crippen LogP contribution in [0.4, 0.5) is 0 Å². The molecule has 0 aromatic heterocycles. The summed E-state index contributed by atoms with van der Waals surface area (Å²) in [5, 5.41) is 0.649. The van der Waals surface area contributed by atoms with Gasteiger partial charge in [0.25, 0.3) is 0 Å². The molecule has 0 spiro atoms. The van der Waals surface area contributed by atoms with E-state index >= 15 is 0 Å². The van der Waals surface area contributed by atoms with Gasteiger partial charge in [0.05, 0.1) is 13.2 Å². The second-order valence-corrected chi connectivity index (χ2v) is 8.07. The molecule has 2 aromatic carbocycles. The van der Waals surface area contributed by atoms with Crippen molar-refractivity contribution < 1.29 is 13.8 Å². The molecule has 0 heterocycles. The second-order valence-electron chi connectivity index (χ2n) is 4.68. The van der Waals surface area contributed by atoms with Crippen molar-refractivity contribution in [2.75, 3.05) is 13.3 Å². The molecule has 2 rings (SSSR count). The summed E-state index contributed by atoms with van der Waals surface area (Å²) in [5.74, 6) is 0.687. The lowest BCUT2D eigenvalue weighted by molar-refractivity contribution is 0.313. The Balaban J connectivity index is 2.17. The maximum Gasteiger partial charge on any atom is 0.229 e. The van der Waals surface area contributed by atoms with E-state index in [1.54, 1.807) is 12.7 Å². The maximum absolute atomic E-state index is 12.8. The zero-order valence-electron chi connectivity index (χ0n) is 12.1. The minimum absolute atomic E-state index is 0.325. The summed E-state index contributed by atoms with van der Waals surface area (Å²) in [5.41, 5.74) is 1.000. The van der Waals surface area contributed by atoms with E-state index in [4.69, 9.17) is 9.26 Å². The minimum atomic E-state index is -2.90. The van der Waals surface area contributed by atoms with Crippen LogP contribution in [-0.2, 0) is 15.7 Å². The summed E-state index contributed by atoms with van der Waals surface area (Å²) in [6.07, 6.45) is 0. The van der Waals surface area contributed by atoms with Crippen molar-refractivity contribution in [1.29, 1.82) is 0 Å². The lowest BCUT2D eigenvalue weighted by Crippen LogP contribution is -2.08. The van der Waals surface area contributed by atoms with Crippen LogP contribution in [0.3, 0.4) is 0 Å². The van der Waals surface area contributed by atoms with Gasteiger partial charge < -0.3 is 9.26 Å². The van der Waals surface area contributed by atoms with Gasteiger partial charge in [-0.2, -0.15) is 0 Å². The third kappa shape index (κ3) is 4.70. The van der Waals surface area contributed by atoms with E-state index in [1.165, 1.54) is 0 Å². The van der Waals surface area contributed by atoms with Crippen molar-refractivity contribution in [1.82, 2.24) is 0 Å². The molecule has 0 N–H and O–H groups in total. The van der Waals surface area contributed by atoms with Crippen LogP contribution in [0.5, 0.6) is 5.75 Å². The molecule has 1 atom stereocenters. The van der Waals surface area contributed by atoms with E-state index in [0.29, 0.717) is 24.3 Å². The monoisotopic (exact) mass is 368 g/mol. The molecule has 21 heavy (non-hydrogen) atoms. The Morgan fingerprint density at radius 1 is 1.14 bits per heavy atom. The van der Waals surface area contributed by atoms with Gasteiger partial charge in [-0.05, 0) is 30.7 Å². The van der Waals surface area contributed by atoms with Crippen molar-refractivity contribution in [3.63, 3.8) is 0 Å². The van der Waals surface area contributed by atoms with Crippen LogP contribution < -0.4 is 10.0 Å². The molecule has 0 amide bonds. The van der Waals surface area contributed by atoms with Gasteiger partial charge in [0, 0.05) is 16.4 Å². The predicted molar refractivity (Wildman–Crippen MR) is 89.7 cm³/mol. The molecule has 112 valence electrons. The van der Waals surface area contributed by atoms with Crippen LogP contribution in [0.1, 0.15) is 12.5 Å². The van der Waals surface area contributed by atoms with Crippen molar-refractivity contribution in [3.8, 4) is 5.75 Å². The quantitative estimate of drug-likeness (QED) is 0.699. The van der Waals surface area contributed by atoms with Crippen molar-refractivity contribution >= 4 is 28.6 Å². The summed E-state index contributed by atoms with van der Waals surface area (Å²) < 4.78 is 24.8. The van der Waals surface area contributed by atoms with Gasteiger partial charge >= 0.3 is 0 Å². The molecular formula is C16H18BrO3P. The summed E-state index contributed by atoms with van der Waals surface area (Å²) in [4.78, 5) is 0. The summed E-state index contributed by atoms with van der Waals surface area (Å²) in [6, 6.07) is 15.2. The van der Waals surface area contributed by atoms with Crippen LogP contribution in [0.2, 0.25) is 0 Å². The summed E-state index contributed by atoms with van der Waals surface area (Å²) >= 11 is 3.41. The maximum atomic E-state index is 12.8. The van der Waals surface area contributed by atoms with E-state index in [2.05, 4.69) is 15.9 Å². The molecule has 0 fully saturated rings. The normalized spacial score (nSPS) is 13.7. The van der Waals surface area contributed by atoms with Crippen LogP contribution >= 0.6 is 23.3 Å². The highest BCUT2D eigenvalue weighted by molar-refractivity contribution is 9.10. The highest BCUT2D eigenvalue weighted by Crippen LogP contribution is 2.43. The second kappa shape index (κ2) is 7.26. The zero-order valence-corrected chi connectivity index (χ0v) is 14.6. The molecule has 5 heteroatoms. The molecular weight excluding hydrogens is 351 g/mol. The third-order valence-corrected chi connectivity index (χ3v) is 5.23. The topological polar surface area (TPSA) is 35.5 Å². The molecule has 0 saturated heterocycles. The first-order chi connectivity index (χ1) is 10.0. The van der Waals surface area contributed by atoms with Gasteiger partial charge in [0.2, 0.25) is 7.37 Å². The van der Waals surface area contributed by atoms with E-state index in [9.17, 15) is 4.57 Å². The highest BCUT2D eigenvalue weighted by atomic mass is 79.9. The summed E-state index contributed by atoms with van der Waals surface area (Å²) in [7, 11) is -2.90. The van der Waals surface area contributed by atoms with Crippen LogP contribution in [0.25, 0.3) is 0 Å². The molecule has 0 aliphatic rings. The molecule has 0 aliphatic carbocycles. The van der Waals surface area contributed by atoms with Gasteiger partial charge in [-0.3, -0.25) is 4.57 Å². The average Bonchev–Trinajstić information content (AvgIpc) is 2.46. The Labute approximate surface area is 133 Å². The molecule has 0 saturated carbocycles. The van der Waals surface area contributed by atoms with Gasteiger partial charge in [0.1, 0.15) is 5.75 Å². The number of halogens is 1.